The lowest BCUT2D eigenvalue weighted by Gasteiger charge is -2.01. The molecule has 0 N–H and O–H groups in total. The molecule has 0 saturated carbocycles. The molecule has 1 atom stereocenters. The van der Waals surface area contributed by atoms with E-state index in [2.05, 4.69) is 19.9 Å². The Morgan fingerprint density at radius 2 is 1.89 bits per heavy atom. The zero-order valence-corrected chi connectivity index (χ0v) is 11.2. The molecule has 1 rings (SSSR count). The van der Waals surface area contributed by atoms with Crippen molar-refractivity contribution in [1.82, 2.24) is 15.0 Å². The monoisotopic (exact) mass is 304 g/mol. The van der Waals surface area contributed by atoms with Crippen molar-refractivity contribution in [3.8, 4) is 12.3 Å². The van der Waals surface area contributed by atoms with Crippen molar-refractivity contribution in [2.45, 2.75) is 13.3 Å². The molecule has 0 aromatic carbocycles. The van der Waals surface area contributed by atoms with Crippen LogP contribution in [0.4, 0.5) is 8.78 Å². The number of aromatic nitrogens is 3. The first-order valence-electron chi connectivity index (χ1n) is 4.96. The molecule has 1 unspecified atom stereocenters. The average Bonchev–Trinajstić information content (AvgIpc) is 2.32. The number of hydrogen-bond acceptors (Lipinski definition) is 4. The lowest BCUT2D eigenvalue weighted by Crippen LogP contribution is -2.09. The van der Waals surface area contributed by atoms with Gasteiger partial charge in [0.25, 0.3) is 6.43 Å². The minimum absolute atomic E-state index is 0.0687. The fourth-order valence-electron chi connectivity index (χ4n) is 0.988. The Kier molecular flexibility index (Phi) is 5.80. The van der Waals surface area contributed by atoms with Crippen LogP contribution in [-0.2, 0) is 0 Å². The molecule has 0 spiro atoms. The van der Waals surface area contributed by atoms with Crippen molar-refractivity contribution in [3.63, 3.8) is 0 Å². The van der Waals surface area contributed by atoms with Gasteiger partial charge in [0, 0.05) is 18.0 Å². The summed E-state index contributed by atoms with van der Waals surface area (Å²) in [5.41, 5.74) is 0.479. The summed E-state index contributed by atoms with van der Waals surface area (Å²) in [6.45, 7) is 1.62. The molecular formula is C11H8Cl2F2N4. The van der Waals surface area contributed by atoms with Gasteiger partial charge in [-0.05, 0) is 30.1 Å². The summed E-state index contributed by atoms with van der Waals surface area (Å²) < 4.78 is 24.7. The Hall–Kier alpha value is -1.58. The Balaban J connectivity index is 2.88. The molecule has 0 bridgehead atoms. The van der Waals surface area contributed by atoms with E-state index in [9.17, 15) is 8.78 Å². The minimum Gasteiger partial charge on any atom is -0.267 e. The van der Waals surface area contributed by atoms with Crippen molar-refractivity contribution >= 4 is 35.0 Å². The van der Waals surface area contributed by atoms with Gasteiger partial charge in [0.15, 0.2) is 5.82 Å². The van der Waals surface area contributed by atoms with Crippen molar-refractivity contribution in [2.24, 2.45) is 10.9 Å². The Morgan fingerprint density at radius 1 is 1.32 bits per heavy atom. The third-order valence-electron chi connectivity index (χ3n) is 1.91. The third kappa shape index (κ3) is 4.89. The van der Waals surface area contributed by atoms with E-state index in [-0.39, 0.29) is 16.4 Å². The normalized spacial score (nSPS) is 13.8. The maximum atomic E-state index is 12.3. The largest absolute Gasteiger partial charge is 0.267 e. The number of aliphatic imine (C=N–C) groups is 1. The third-order valence-corrected chi connectivity index (χ3v) is 2.25. The van der Waals surface area contributed by atoms with Crippen LogP contribution in [0.3, 0.4) is 0 Å². The maximum Gasteiger partial charge on any atom is 0.257 e. The SMILES string of the molecule is C#CC(/C=N\C=C(/C)c1nc(Cl)nc(Cl)n1)C(F)F. The lowest BCUT2D eigenvalue weighted by molar-refractivity contribution is 0.133. The Labute approximate surface area is 118 Å². The van der Waals surface area contributed by atoms with E-state index < -0.39 is 12.3 Å². The first-order chi connectivity index (χ1) is 8.93. The molecule has 0 amide bonds. The molecule has 1 aromatic rings. The second-order valence-electron chi connectivity index (χ2n) is 3.33. The number of rotatable bonds is 4. The van der Waals surface area contributed by atoms with Gasteiger partial charge in [-0.25, -0.2) is 8.78 Å². The number of alkyl halides is 2. The number of terminal acetylenes is 1. The van der Waals surface area contributed by atoms with Gasteiger partial charge in [-0.15, -0.1) is 6.42 Å². The van der Waals surface area contributed by atoms with Crippen molar-refractivity contribution in [1.29, 1.82) is 0 Å². The van der Waals surface area contributed by atoms with E-state index in [0.29, 0.717) is 5.57 Å². The number of nitrogens with zero attached hydrogens (tertiary/aromatic N) is 4. The molecule has 0 radical (unpaired) electrons. The fraction of sp³-hybridized carbons (Fsp3) is 0.273. The van der Waals surface area contributed by atoms with Gasteiger partial charge in [-0.3, -0.25) is 4.99 Å². The van der Waals surface area contributed by atoms with E-state index in [1.165, 1.54) is 6.20 Å². The smallest absolute Gasteiger partial charge is 0.257 e. The number of hydrogen-bond donors (Lipinski definition) is 0. The van der Waals surface area contributed by atoms with Crippen molar-refractivity contribution in [3.05, 3.63) is 22.6 Å². The summed E-state index contributed by atoms with van der Waals surface area (Å²) >= 11 is 11.2. The minimum atomic E-state index is -2.66. The van der Waals surface area contributed by atoms with E-state index in [0.717, 1.165) is 6.21 Å². The fourth-order valence-corrected chi connectivity index (χ4v) is 1.35. The maximum absolute atomic E-state index is 12.3. The quantitative estimate of drug-likeness (QED) is 0.634. The topological polar surface area (TPSA) is 51.0 Å². The van der Waals surface area contributed by atoms with E-state index >= 15 is 0 Å². The molecule has 1 heterocycles. The van der Waals surface area contributed by atoms with Crippen LogP contribution in [0.25, 0.3) is 5.57 Å². The average molecular weight is 305 g/mol. The standard InChI is InChI=1S/C11H8Cl2F2N4/c1-3-7(8(14)15)5-16-4-6(2)9-17-10(12)19-11(13)18-9/h1,4-5,7-8H,2H3/b6-4+,16-5-. The number of allylic oxidation sites excluding steroid dienone is 1. The van der Waals surface area contributed by atoms with Gasteiger partial charge in [-0.2, -0.15) is 15.0 Å². The van der Waals surface area contributed by atoms with Crippen LogP contribution < -0.4 is 0 Å². The van der Waals surface area contributed by atoms with E-state index in [1.54, 1.807) is 6.92 Å². The lowest BCUT2D eigenvalue weighted by atomic mass is 10.2. The summed E-state index contributed by atoms with van der Waals surface area (Å²) in [4.78, 5) is 14.9. The summed E-state index contributed by atoms with van der Waals surface area (Å²) in [5.74, 6) is 0.788. The summed E-state index contributed by atoms with van der Waals surface area (Å²) in [6.07, 6.45) is 4.53. The first kappa shape index (κ1) is 15.5. The van der Waals surface area contributed by atoms with Crippen LogP contribution in [0, 0.1) is 18.3 Å². The highest BCUT2D eigenvalue weighted by atomic mass is 35.5. The van der Waals surface area contributed by atoms with Crippen LogP contribution in [-0.4, -0.2) is 27.6 Å². The van der Waals surface area contributed by atoms with Crippen LogP contribution in [0.2, 0.25) is 10.6 Å². The highest BCUT2D eigenvalue weighted by molar-refractivity contribution is 6.31. The van der Waals surface area contributed by atoms with Gasteiger partial charge >= 0.3 is 0 Å². The molecule has 4 nitrogen and oxygen atoms in total. The van der Waals surface area contributed by atoms with Crippen LogP contribution in [0.15, 0.2) is 11.2 Å². The summed E-state index contributed by atoms with van der Waals surface area (Å²) in [5, 5.41) is -0.137. The molecule has 0 aliphatic rings. The van der Waals surface area contributed by atoms with Gasteiger partial charge in [0.2, 0.25) is 10.6 Å². The van der Waals surface area contributed by atoms with E-state index in [1.807, 2.05) is 5.92 Å². The first-order valence-corrected chi connectivity index (χ1v) is 5.71. The van der Waals surface area contributed by atoms with Gasteiger partial charge in [-0.1, -0.05) is 5.92 Å². The van der Waals surface area contributed by atoms with Crippen LogP contribution in [0.5, 0.6) is 0 Å². The molecule has 100 valence electrons. The highest BCUT2D eigenvalue weighted by Gasteiger charge is 2.14. The van der Waals surface area contributed by atoms with Gasteiger partial charge < -0.3 is 0 Å². The summed E-state index contributed by atoms with van der Waals surface area (Å²) in [7, 11) is 0. The summed E-state index contributed by atoms with van der Waals surface area (Å²) in [6, 6.07) is 0. The second-order valence-corrected chi connectivity index (χ2v) is 4.01. The Morgan fingerprint density at radius 3 is 2.37 bits per heavy atom. The van der Waals surface area contributed by atoms with Crippen LogP contribution in [0.1, 0.15) is 12.7 Å². The highest BCUT2D eigenvalue weighted by Crippen LogP contribution is 2.14. The zero-order valence-electron chi connectivity index (χ0n) is 9.69. The predicted octanol–water partition coefficient (Wildman–Crippen LogP) is 3.12. The van der Waals surface area contributed by atoms with E-state index in [4.69, 9.17) is 29.6 Å². The molecule has 0 fully saturated rings. The molecule has 19 heavy (non-hydrogen) atoms. The molecule has 0 saturated heterocycles. The van der Waals surface area contributed by atoms with Crippen LogP contribution >= 0.6 is 23.2 Å². The molecule has 0 aliphatic carbocycles. The Bertz CT molecular complexity index is 532. The van der Waals surface area contributed by atoms with Crippen molar-refractivity contribution < 1.29 is 8.78 Å². The number of halogens is 4. The van der Waals surface area contributed by atoms with Gasteiger partial charge in [0.1, 0.15) is 5.92 Å². The predicted molar refractivity (Wildman–Crippen MR) is 70.3 cm³/mol. The molecule has 8 heteroatoms. The molecule has 1 aromatic heterocycles. The van der Waals surface area contributed by atoms with Gasteiger partial charge in [0.05, 0.1) is 0 Å². The molecular weight excluding hydrogens is 297 g/mol. The van der Waals surface area contributed by atoms with Crippen molar-refractivity contribution in [2.75, 3.05) is 0 Å². The second kappa shape index (κ2) is 7.12. The molecule has 0 aliphatic heterocycles. The zero-order chi connectivity index (χ0) is 14.4.